The van der Waals surface area contributed by atoms with Crippen LogP contribution in [0.2, 0.25) is 5.02 Å². The van der Waals surface area contributed by atoms with E-state index in [2.05, 4.69) is 10.3 Å². The summed E-state index contributed by atoms with van der Waals surface area (Å²) in [6.07, 6.45) is 3.18. The van der Waals surface area contributed by atoms with E-state index < -0.39 is 11.4 Å². The van der Waals surface area contributed by atoms with Gasteiger partial charge in [-0.15, -0.1) is 0 Å². The molecule has 4 aromatic rings. The van der Waals surface area contributed by atoms with E-state index in [1.165, 1.54) is 19.2 Å². The molecule has 0 amide bonds. The van der Waals surface area contributed by atoms with Crippen LogP contribution in [0.15, 0.2) is 58.1 Å². The minimum absolute atomic E-state index is 0.0271. The average Bonchev–Trinajstić information content (AvgIpc) is 3.18. The number of hydrogen-bond donors (Lipinski definition) is 1. The van der Waals surface area contributed by atoms with Gasteiger partial charge in [-0.25, -0.2) is 4.39 Å². The standard InChI is InChI=1S/C21H17ClFN3O3/c1-12-14-7-8-29-18(14)6-5-17(12)24-21-25-20(27)19(28-2)11-26(21)10-13-3-4-16(23)15(22)9-13/h3-9,11H,10H2,1-2H3,(H,24,25,27). The molecule has 0 spiro atoms. The van der Waals surface area contributed by atoms with Gasteiger partial charge in [0.05, 0.1) is 31.1 Å². The molecule has 0 fully saturated rings. The van der Waals surface area contributed by atoms with E-state index in [-0.39, 0.29) is 10.8 Å². The summed E-state index contributed by atoms with van der Waals surface area (Å²) >= 11 is 5.90. The van der Waals surface area contributed by atoms with Crippen LogP contribution in [0.4, 0.5) is 16.0 Å². The van der Waals surface area contributed by atoms with Gasteiger partial charge in [-0.05, 0) is 48.4 Å². The number of methoxy groups -OCH3 is 1. The number of fused-ring (bicyclic) bond motifs is 1. The molecule has 0 aliphatic heterocycles. The zero-order valence-corrected chi connectivity index (χ0v) is 16.5. The smallest absolute Gasteiger partial charge is 0.316 e. The van der Waals surface area contributed by atoms with Crippen LogP contribution in [-0.2, 0) is 6.54 Å². The van der Waals surface area contributed by atoms with Gasteiger partial charge in [-0.3, -0.25) is 4.79 Å². The van der Waals surface area contributed by atoms with Gasteiger partial charge in [0, 0.05) is 11.1 Å². The van der Waals surface area contributed by atoms with Crippen LogP contribution >= 0.6 is 11.6 Å². The highest BCUT2D eigenvalue weighted by Gasteiger charge is 2.13. The molecule has 6 nitrogen and oxygen atoms in total. The SMILES string of the molecule is COc1cn(Cc2ccc(F)c(Cl)c2)c(Nc2ccc3occc3c2C)nc1=O. The summed E-state index contributed by atoms with van der Waals surface area (Å²) in [5, 5.41) is 4.20. The predicted molar refractivity (Wildman–Crippen MR) is 110 cm³/mol. The summed E-state index contributed by atoms with van der Waals surface area (Å²) in [5.41, 5.74) is 2.76. The maximum Gasteiger partial charge on any atom is 0.316 e. The molecule has 2 heterocycles. The average molecular weight is 414 g/mol. The number of furan rings is 1. The first-order valence-corrected chi connectivity index (χ1v) is 9.17. The third kappa shape index (κ3) is 3.69. The Labute approximate surface area is 170 Å². The first-order valence-electron chi connectivity index (χ1n) is 8.79. The highest BCUT2D eigenvalue weighted by molar-refractivity contribution is 6.30. The predicted octanol–water partition coefficient (Wildman–Crippen LogP) is 4.89. The lowest BCUT2D eigenvalue weighted by Gasteiger charge is -2.16. The highest BCUT2D eigenvalue weighted by Crippen LogP contribution is 2.28. The summed E-state index contributed by atoms with van der Waals surface area (Å²) in [6, 6.07) is 10.0. The number of hydrogen-bond acceptors (Lipinski definition) is 5. The molecule has 2 aromatic carbocycles. The van der Waals surface area contributed by atoms with E-state index in [0.29, 0.717) is 12.5 Å². The van der Waals surface area contributed by atoms with Gasteiger partial charge in [0.1, 0.15) is 11.4 Å². The van der Waals surface area contributed by atoms with Crippen molar-refractivity contribution < 1.29 is 13.5 Å². The third-order valence-corrected chi connectivity index (χ3v) is 4.96. The maximum absolute atomic E-state index is 13.5. The van der Waals surface area contributed by atoms with Crippen molar-refractivity contribution in [3.05, 3.63) is 81.2 Å². The Morgan fingerprint density at radius 2 is 2.10 bits per heavy atom. The Bertz CT molecular complexity index is 1270. The third-order valence-electron chi connectivity index (χ3n) is 4.67. The van der Waals surface area contributed by atoms with Crippen LogP contribution in [0, 0.1) is 12.7 Å². The van der Waals surface area contributed by atoms with Gasteiger partial charge < -0.3 is 19.0 Å². The molecule has 0 aliphatic rings. The Hall–Kier alpha value is -3.32. The number of benzene rings is 2. The number of rotatable bonds is 5. The fourth-order valence-corrected chi connectivity index (χ4v) is 3.32. The van der Waals surface area contributed by atoms with E-state index in [1.54, 1.807) is 23.1 Å². The number of anilines is 2. The largest absolute Gasteiger partial charge is 0.490 e. The van der Waals surface area contributed by atoms with Gasteiger partial charge in [0.25, 0.3) is 0 Å². The molecule has 0 atom stereocenters. The van der Waals surface area contributed by atoms with Crippen molar-refractivity contribution in [3.8, 4) is 5.75 Å². The van der Waals surface area contributed by atoms with Crippen LogP contribution in [0.25, 0.3) is 11.0 Å². The van der Waals surface area contributed by atoms with Crippen molar-refractivity contribution in [2.45, 2.75) is 13.5 Å². The zero-order valence-electron chi connectivity index (χ0n) is 15.7. The van der Waals surface area contributed by atoms with Crippen molar-refractivity contribution in [1.82, 2.24) is 9.55 Å². The molecule has 148 valence electrons. The number of aryl methyl sites for hydroxylation is 1. The molecule has 0 radical (unpaired) electrons. The second-order valence-corrected chi connectivity index (χ2v) is 6.92. The Morgan fingerprint density at radius 3 is 2.86 bits per heavy atom. The van der Waals surface area contributed by atoms with Gasteiger partial charge in [0.15, 0.2) is 0 Å². The molecule has 1 N–H and O–H groups in total. The molecule has 29 heavy (non-hydrogen) atoms. The normalized spacial score (nSPS) is 11.0. The summed E-state index contributed by atoms with van der Waals surface area (Å²) in [7, 11) is 1.40. The molecule has 0 bridgehead atoms. The van der Waals surface area contributed by atoms with E-state index in [0.717, 1.165) is 27.8 Å². The van der Waals surface area contributed by atoms with Crippen LogP contribution in [-0.4, -0.2) is 16.7 Å². The van der Waals surface area contributed by atoms with Crippen LogP contribution in [0.5, 0.6) is 5.75 Å². The van der Waals surface area contributed by atoms with Gasteiger partial charge >= 0.3 is 5.56 Å². The first-order chi connectivity index (χ1) is 14.0. The lowest BCUT2D eigenvalue weighted by atomic mass is 10.1. The van der Waals surface area contributed by atoms with Crippen molar-refractivity contribution >= 4 is 34.2 Å². The van der Waals surface area contributed by atoms with E-state index >= 15 is 0 Å². The van der Waals surface area contributed by atoms with E-state index in [4.69, 9.17) is 20.8 Å². The summed E-state index contributed by atoms with van der Waals surface area (Å²) in [4.78, 5) is 16.4. The van der Waals surface area contributed by atoms with E-state index in [9.17, 15) is 9.18 Å². The van der Waals surface area contributed by atoms with Crippen LogP contribution < -0.4 is 15.6 Å². The van der Waals surface area contributed by atoms with Crippen molar-refractivity contribution in [3.63, 3.8) is 0 Å². The quantitative estimate of drug-likeness (QED) is 0.504. The lowest BCUT2D eigenvalue weighted by molar-refractivity contribution is 0.402. The first kappa shape index (κ1) is 19.0. The molecular formula is C21H17ClFN3O3. The Balaban J connectivity index is 1.76. The molecule has 4 rings (SSSR count). The van der Waals surface area contributed by atoms with Crippen LogP contribution in [0.3, 0.4) is 0 Å². The Kier molecular flexibility index (Phi) is 4.98. The number of ether oxygens (including phenoxy) is 1. The fraction of sp³-hybridized carbons (Fsp3) is 0.143. The van der Waals surface area contributed by atoms with Crippen molar-refractivity contribution in [1.29, 1.82) is 0 Å². The maximum atomic E-state index is 13.5. The molecule has 8 heteroatoms. The van der Waals surface area contributed by atoms with Crippen molar-refractivity contribution in [2.75, 3.05) is 12.4 Å². The van der Waals surface area contributed by atoms with Crippen LogP contribution in [0.1, 0.15) is 11.1 Å². The highest BCUT2D eigenvalue weighted by atomic mass is 35.5. The molecule has 0 aliphatic carbocycles. The summed E-state index contributed by atoms with van der Waals surface area (Å²) in [6.45, 7) is 2.25. The van der Waals surface area contributed by atoms with Gasteiger partial charge in [0.2, 0.25) is 11.7 Å². The molecule has 0 unspecified atom stereocenters. The molecular weight excluding hydrogens is 397 g/mol. The zero-order chi connectivity index (χ0) is 20.5. The molecule has 0 saturated carbocycles. The van der Waals surface area contributed by atoms with Gasteiger partial charge in [-0.2, -0.15) is 4.98 Å². The van der Waals surface area contributed by atoms with Crippen molar-refractivity contribution in [2.24, 2.45) is 0 Å². The molecule has 2 aromatic heterocycles. The fourth-order valence-electron chi connectivity index (χ4n) is 3.11. The number of halogens is 2. The van der Waals surface area contributed by atoms with Gasteiger partial charge in [-0.1, -0.05) is 17.7 Å². The number of nitrogens with zero attached hydrogens (tertiary/aromatic N) is 2. The number of aromatic nitrogens is 2. The minimum atomic E-state index is -0.495. The minimum Gasteiger partial charge on any atom is -0.490 e. The summed E-state index contributed by atoms with van der Waals surface area (Å²) < 4.78 is 25.7. The monoisotopic (exact) mass is 413 g/mol. The lowest BCUT2D eigenvalue weighted by Crippen LogP contribution is -2.19. The second-order valence-electron chi connectivity index (χ2n) is 6.51. The topological polar surface area (TPSA) is 69.3 Å². The summed E-state index contributed by atoms with van der Waals surface area (Å²) in [5.74, 6) is -0.0682. The number of nitrogens with one attached hydrogen (secondary N) is 1. The van der Waals surface area contributed by atoms with E-state index in [1.807, 2.05) is 25.1 Å². The second kappa shape index (κ2) is 7.60. The Morgan fingerprint density at radius 1 is 1.28 bits per heavy atom. The molecule has 0 saturated heterocycles.